The molecule has 2 N–H and O–H groups in total. The first-order valence-corrected chi connectivity index (χ1v) is 9.05. The molecule has 28 heavy (non-hydrogen) atoms. The van der Waals surface area contributed by atoms with Crippen LogP contribution in [0.4, 0.5) is 0 Å². The smallest absolute Gasteiger partial charge is 0.343 e. The molecule has 0 unspecified atom stereocenters. The summed E-state index contributed by atoms with van der Waals surface area (Å²) in [7, 11) is 0. The van der Waals surface area contributed by atoms with Gasteiger partial charge in [0.2, 0.25) is 0 Å². The van der Waals surface area contributed by atoms with Crippen molar-refractivity contribution in [1.29, 1.82) is 0 Å². The number of aromatic carboxylic acids is 2. The molecule has 8 nitrogen and oxygen atoms in total. The first kappa shape index (κ1) is 23.7. The van der Waals surface area contributed by atoms with E-state index in [0.717, 1.165) is 0 Å². The number of carbonyl (C=O) groups is 2. The van der Waals surface area contributed by atoms with Crippen LogP contribution in [-0.4, -0.2) is 33.4 Å². The lowest BCUT2D eigenvalue weighted by atomic mass is 9.95. The third kappa shape index (κ3) is 5.59. The molecule has 158 valence electrons. The quantitative estimate of drug-likeness (QED) is 0.435. The summed E-state index contributed by atoms with van der Waals surface area (Å²) < 4.78 is 0. The predicted molar refractivity (Wildman–Crippen MR) is 102 cm³/mol. The van der Waals surface area contributed by atoms with Gasteiger partial charge < -0.3 is 20.0 Å². The number of carboxylic acids is 2. The zero-order valence-corrected chi connectivity index (χ0v) is 17.7. The molecular weight excluding hydrogens is 368 g/mol. The van der Waals surface area contributed by atoms with Crippen molar-refractivity contribution in [3.8, 4) is 11.5 Å². The van der Waals surface area contributed by atoms with E-state index in [9.17, 15) is 19.8 Å². The lowest BCUT2D eigenvalue weighted by Gasteiger charge is -2.29. The van der Waals surface area contributed by atoms with Crippen molar-refractivity contribution in [1.82, 2.24) is 0 Å². The summed E-state index contributed by atoms with van der Waals surface area (Å²) in [4.78, 5) is 44.7. The van der Waals surface area contributed by atoms with E-state index in [1.54, 1.807) is 27.7 Å². The fraction of sp³-hybridized carbons (Fsp3) is 0.600. The summed E-state index contributed by atoms with van der Waals surface area (Å²) >= 11 is 0. The third-order valence-electron chi connectivity index (χ3n) is 5.03. The highest BCUT2D eigenvalue weighted by molar-refractivity contribution is 6.00. The minimum atomic E-state index is -1.44. The van der Waals surface area contributed by atoms with Gasteiger partial charge in [-0.1, -0.05) is 27.7 Å². The van der Waals surface area contributed by atoms with E-state index < -0.39 is 34.5 Å². The molecule has 1 rings (SSSR count). The molecular formula is C20H30O8. The largest absolute Gasteiger partial charge is 0.478 e. The van der Waals surface area contributed by atoms with E-state index in [1.807, 2.05) is 27.7 Å². The Morgan fingerprint density at radius 3 is 1.68 bits per heavy atom. The maximum absolute atomic E-state index is 11.9. The third-order valence-corrected chi connectivity index (χ3v) is 5.03. The topological polar surface area (TPSA) is 112 Å². The van der Waals surface area contributed by atoms with Crippen LogP contribution >= 0.6 is 0 Å². The number of hydrogen-bond acceptors (Lipinski definition) is 6. The minimum Gasteiger partial charge on any atom is -0.478 e. The lowest BCUT2D eigenvalue weighted by molar-refractivity contribution is -0.297. The van der Waals surface area contributed by atoms with Crippen LogP contribution in [-0.2, 0) is 9.78 Å². The Morgan fingerprint density at radius 2 is 1.29 bits per heavy atom. The zero-order chi connectivity index (χ0) is 21.9. The monoisotopic (exact) mass is 398 g/mol. The van der Waals surface area contributed by atoms with Gasteiger partial charge in [-0.25, -0.2) is 9.59 Å². The number of carboxylic acid groups (broad SMARTS) is 2. The molecule has 8 heteroatoms. The van der Waals surface area contributed by atoms with Gasteiger partial charge in [0, 0.05) is 0 Å². The summed E-state index contributed by atoms with van der Waals surface area (Å²) in [6, 6.07) is 2.39. The Balaban J connectivity index is 3.37. The van der Waals surface area contributed by atoms with Crippen LogP contribution in [0.15, 0.2) is 12.1 Å². The Bertz CT molecular complexity index is 719. The number of benzene rings is 1. The molecule has 1 aromatic carbocycles. The van der Waals surface area contributed by atoms with Gasteiger partial charge in [0.05, 0.1) is 0 Å². The Morgan fingerprint density at radius 1 is 0.821 bits per heavy atom. The summed E-state index contributed by atoms with van der Waals surface area (Å²) in [5.41, 5.74) is -2.37. The minimum absolute atomic E-state index is 0.0173. The van der Waals surface area contributed by atoms with Crippen molar-refractivity contribution in [3.05, 3.63) is 23.3 Å². The summed E-state index contributed by atoms with van der Waals surface area (Å²) in [5.74, 6) is -3.36. The highest BCUT2D eigenvalue weighted by Gasteiger charge is 2.32. The van der Waals surface area contributed by atoms with Crippen LogP contribution in [0.1, 0.15) is 76.1 Å². The highest BCUT2D eigenvalue weighted by atomic mass is 17.2. The van der Waals surface area contributed by atoms with Crippen molar-refractivity contribution < 1.29 is 39.4 Å². The number of rotatable bonds is 10. The molecule has 0 saturated carbocycles. The van der Waals surface area contributed by atoms with Crippen LogP contribution in [0.2, 0.25) is 0 Å². The van der Waals surface area contributed by atoms with E-state index in [0.29, 0.717) is 0 Å². The standard InChI is InChI=1S/C20H30O8/c1-11(2)19(5,6)27-25-14-10-9-13(17(21)22)16(15(14)18(23)24)26-28-20(7,8)12(3)4/h9-12H,1-8H3,(H,21,22)(H,23,24). The van der Waals surface area contributed by atoms with Gasteiger partial charge in [0.25, 0.3) is 0 Å². The van der Waals surface area contributed by atoms with Crippen LogP contribution in [0.3, 0.4) is 0 Å². The van der Waals surface area contributed by atoms with E-state index >= 15 is 0 Å². The van der Waals surface area contributed by atoms with Gasteiger partial charge in [-0.3, -0.25) is 0 Å². The second-order valence-electron chi connectivity index (χ2n) is 8.28. The van der Waals surface area contributed by atoms with E-state index in [4.69, 9.17) is 19.6 Å². The normalized spacial score (nSPS) is 12.4. The molecule has 0 bridgehead atoms. The van der Waals surface area contributed by atoms with E-state index in [2.05, 4.69) is 0 Å². The van der Waals surface area contributed by atoms with E-state index in [-0.39, 0.29) is 23.1 Å². The fourth-order valence-electron chi connectivity index (χ4n) is 1.59. The van der Waals surface area contributed by atoms with Crippen molar-refractivity contribution in [2.24, 2.45) is 11.8 Å². The molecule has 0 aliphatic rings. The van der Waals surface area contributed by atoms with Crippen LogP contribution < -0.4 is 9.78 Å². The van der Waals surface area contributed by atoms with Gasteiger partial charge in [-0.05, 0) is 51.7 Å². The molecule has 0 aromatic heterocycles. The SMILES string of the molecule is CC(C)C(C)(C)OOc1ccc(C(=O)O)c(OOC(C)(C)C(C)C)c1C(=O)O. The Hall–Kier alpha value is -2.32. The summed E-state index contributed by atoms with van der Waals surface area (Å²) in [5, 5.41) is 19.1. The molecule has 0 radical (unpaired) electrons. The second kappa shape index (κ2) is 8.79. The highest BCUT2D eigenvalue weighted by Crippen LogP contribution is 2.35. The molecule has 0 aliphatic carbocycles. The Labute approximate surface area is 165 Å². The molecule has 0 spiro atoms. The van der Waals surface area contributed by atoms with Gasteiger partial charge in [-0.2, -0.15) is 9.78 Å². The molecule has 1 aromatic rings. The average Bonchev–Trinajstić information content (AvgIpc) is 2.56. The summed E-state index contributed by atoms with van der Waals surface area (Å²) in [6.07, 6.45) is 0. The molecule has 0 heterocycles. The van der Waals surface area contributed by atoms with Gasteiger partial charge >= 0.3 is 11.9 Å². The van der Waals surface area contributed by atoms with Gasteiger partial charge in [-0.15, -0.1) is 0 Å². The zero-order valence-electron chi connectivity index (χ0n) is 17.7. The molecule has 0 saturated heterocycles. The fourth-order valence-corrected chi connectivity index (χ4v) is 1.59. The van der Waals surface area contributed by atoms with Crippen molar-refractivity contribution in [3.63, 3.8) is 0 Å². The molecule has 0 amide bonds. The maximum atomic E-state index is 11.9. The van der Waals surface area contributed by atoms with Crippen LogP contribution in [0.5, 0.6) is 11.5 Å². The van der Waals surface area contributed by atoms with Gasteiger partial charge in [0.1, 0.15) is 16.8 Å². The lowest BCUT2D eigenvalue weighted by Crippen LogP contribution is -2.33. The van der Waals surface area contributed by atoms with Gasteiger partial charge in [0.15, 0.2) is 17.1 Å². The van der Waals surface area contributed by atoms with Crippen molar-refractivity contribution in [2.75, 3.05) is 0 Å². The van der Waals surface area contributed by atoms with Crippen molar-refractivity contribution in [2.45, 2.75) is 66.6 Å². The van der Waals surface area contributed by atoms with Crippen molar-refractivity contribution >= 4 is 11.9 Å². The molecule has 0 fully saturated rings. The average molecular weight is 398 g/mol. The summed E-state index contributed by atoms with van der Waals surface area (Å²) in [6.45, 7) is 14.7. The molecule has 0 atom stereocenters. The van der Waals surface area contributed by atoms with Crippen LogP contribution in [0, 0.1) is 11.8 Å². The molecule has 0 aliphatic heterocycles. The first-order chi connectivity index (χ1) is 12.7. The Kier molecular flexibility index (Phi) is 7.45. The van der Waals surface area contributed by atoms with Crippen LogP contribution in [0.25, 0.3) is 0 Å². The second-order valence-corrected chi connectivity index (χ2v) is 8.28. The number of hydrogen-bond donors (Lipinski definition) is 2. The maximum Gasteiger partial charge on any atom is 0.343 e. The first-order valence-electron chi connectivity index (χ1n) is 9.05. The van der Waals surface area contributed by atoms with E-state index in [1.165, 1.54) is 12.1 Å². The predicted octanol–water partition coefficient (Wildman–Crippen LogP) is 4.57.